The summed E-state index contributed by atoms with van der Waals surface area (Å²) in [7, 11) is 0. The van der Waals surface area contributed by atoms with Crippen LogP contribution in [0.5, 0.6) is 0 Å². The summed E-state index contributed by atoms with van der Waals surface area (Å²) < 4.78 is 5.31. The van der Waals surface area contributed by atoms with Crippen molar-refractivity contribution in [3.8, 4) is 0 Å². The number of nitrogens with one attached hydrogen (secondary N) is 1. The third-order valence-electron chi connectivity index (χ3n) is 2.95. The molecular weight excluding hydrogens is 202 g/mol. The lowest BCUT2D eigenvalue weighted by Gasteiger charge is -2.20. The van der Waals surface area contributed by atoms with Crippen molar-refractivity contribution in [2.24, 2.45) is 0 Å². The lowest BCUT2D eigenvalue weighted by atomic mass is 10.1. The SMILES string of the molecule is OC[C@H](Cc1ccccc1)NC1CCOC1. The molecule has 1 aliphatic heterocycles. The van der Waals surface area contributed by atoms with Crippen LogP contribution in [0, 0.1) is 0 Å². The zero-order valence-corrected chi connectivity index (χ0v) is 9.43. The Morgan fingerprint density at radius 2 is 2.19 bits per heavy atom. The molecule has 1 saturated heterocycles. The van der Waals surface area contributed by atoms with Crippen LogP contribution >= 0.6 is 0 Å². The summed E-state index contributed by atoms with van der Waals surface area (Å²) in [5.74, 6) is 0. The summed E-state index contributed by atoms with van der Waals surface area (Å²) in [6.07, 6.45) is 1.92. The first-order valence-electron chi connectivity index (χ1n) is 5.87. The molecule has 2 rings (SSSR count). The summed E-state index contributed by atoms with van der Waals surface area (Å²) in [6.45, 7) is 1.78. The van der Waals surface area contributed by atoms with Gasteiger partial charge in [0, 0.05) is 18.7 Å². The molecule has 1 aromatic rings. The maximum atomic E-state index is 9.34. The molecule has 0 bridgehead atoms. The Morgan fingerprint density at radius 1 is 1.38 bits per heavy atom. The van der Waals surface area contributed by atoms with E-state index in [1.165, 1.54) is 5.56 Å². The number of ether oxygens (including phenoxy) is 1. The quantitative estimate of drug-likeness (QED) is 0.778. The van der Waals surface area contributed by atoms with Crippen molar-refractivity contribution in [2.75, 3.05) is 19.8 Å². The van der Waals surface area contributed by atoms with Crippen LogP contribution in [0.4, 0.5) is 0 Å². The lowest BCUT2D eigenvalue weighted by Crippen LogP contribution is -2.42. The molecule has 0 radical (unpaired) electrons. The van der Waals surface area contributed by atoms with Crippen molar-refractivity contribution in [3.63, 3.8) is 0 Å². The Morgan fingerprint density at radius 3 is 2.81 bits per heavy atom. The van der Waals surface area contributed by atoms with Gasteiger partial charge in [0.2, 0.25) is 0 Å². The molecule has 0 spiro atoms. The van der Waals surface area contributed by atoms with Crippen LogP contribution in [-0.4, -0.2) is 37.0 Å². The molecule has 1 aliphatic rings. The molecular formula is C13H19NO2. The van der Waals surface area contributed by atoms with E-state index in [-0.39, 0.29) is 12.6 Å². The Bertz CT molecular complexity index is 296. The maximum Gasteiger partial charge on any atom is 0.0620 e. The monoisotopic (exact) mass is 221 g/mol. The lowest BCUT2D eigenvalue weighted by molar-refractivity contribution is 0.180. The average molecular weight is 221 g/mol. The second-order valence-corrected chi connectivity index (χ2v) is 4.30. The predicted molar refractivity (Wildman–Crippen MR) is 63.4 cm³/mol. The summed E-state index contributed by atoms with van der Waals surface area (Å²) in [5.41, 5.74) is 1.26. The molecule has 1 unspecified atom stereocenters. The average Bonchev–Trinajstić information content (AvgIpc) is 2.82. The van der Waals surface area contributed by atoms with E-state index in [0.717, 1.165) is 26.1 Å². The van der Waals surface area contributed by atoms with Crippen LogP contribution in [0.25, 0.3) is 0 Å². The van der Waals surface area contributed by atoms with E-state index >= 15 is 0 Å². The molecule has 1 heterocycles. The number of aliphatic hydroxyl groups is 1. The fourth-order valence-electron chi connectivity index (χ4n) is 2.07. The first-order chi connectivity index (χ1) is 7.88. The van der Waals surface area contributed by atoms with E-state index in [1.807, 2.05) is 18.2 Å². The van der Waals surface area contributed by atoms with E-state index in [9.17, 15) is 5.11 Å². The molecule has 3 nitrogen and oxygen atoms in total. The second-order valence-electron chi connectivity index (χ2n) is 4.30. The highest BCUT2D eigenvalue weighted by atomic mass is 16.5. The van der Waals surface area contributed by atoms with Gasteiger partial charge in [-0.3, -0.25) is 0 Å². The van der Waals surface area contributed by atoms with Crippen LogP contribution < -0.4 is 5.32 Å². The van der Waals surface area contributed by atoms with Crippen molar-refractivity contribution in [1.29, 1.82) is 0 Å². The minimum absolute atomic E-state index is 0.133. The molecule has 88 valence electrons. The minimum atomic E-state index is 0.133. The molecule has 0 aliphatic carbocycles. The molecule has 3 heteroatoms. The molecule has 0 aromatic heterocycles. The molecule has 16 heavy (non-hydrogen) atoms. The van der Waals surface area contributed by atoms with Gasteiger partial charge in [0.15, 0.2) is 0 Å². The fraction of sp³-hybridized carbons (Fsp3) is 0.538. The van der Waals surface area contributed by atoms with Gasteiger partial charge in [-0.05, 0) is 18.4 Å². The normalized spacial score (nSPS) is 22.2. The van der Waals surface area contributed by atoms with Gasteiger partial charge in [0.1, 0.15) is 0 Å². The molecule has 2 N–H and O–H groups in total. The number of hydrogen-bond acceptors (Lipinski definition) is 3. The van der Waals surface area contributed by atoms with Gasteiger partial charge in [0.05, 0.1) is 13.2 Å². The number of aliphatic hydroxyl groups excluding tert-OH is 1. The van der Waals surface area contributed by atoms with Gasteiger partial charge >= 0.3 is 0 Å². The Kier molecular flexibility index (Phi) is 4.34. The maximum absolute atomic E-state index is 9.34. The van der Waals surface area contributed by atoms with Crippen molar-refractivity contribution in [2.45, 2.75) is 24.9 Å². The van der Waals surface area contributed by atoms with E-state index < -0.39 is 0 Å². The van der Waals surface area contributed by atoms with Gasteiger partial charge in [-0.1, -0.05) is 30.3 Å². The van der Waals surface area contributed by atoms with Crippen LogP contribution in [0.1, 0.15) is 12.0 Å². The Hall–Kier alpha value is -0.900. The number of benzene rings is 1. The Labute approximate surface area is 96.4 Å². The van der Waals surface area contributed by atoms with Gasteiger partial charge in [-0.25, -0.2) is 0 Å². The molecule has 2 atom stereocenters. The number of rotatable bonds is 5. The van der Waals surface area contributed by atoms with Crippen LogP contribution in [0.15, 0.2) is 30.3 Å². The first-order valence-corrected chi connectivity index (χ1v) is 5.87. The third-order valence-corrected chi connectivity index (χ3v) is 2.95. The van der Waals surface area contributed by atoms with Gasteiger partial charge in [0.25, 0.3) is 0 Å². The fourth-order valence-corrected chi connectivity index (χ4v) is 2.07. The Balaban J connectivity index is 1.85. The second kappa shape index (κ2) is 5.99. The van der Waals surface area contributed by atoms with Crippen molar-refractivity contribution >= 4 is 0 Å². The summed E-state index contributed by atoms with van der Waals surface area (Å²) in [4.78, 5) is 0. The smallest absolute Gasteiger partial charge is 0.0620 e. The molecule has 1 fully saturated rings. The predicted octanol–water partition coefficient (Wildman–Crippen LogP) is 0.968. The summed E-state index contributed by atoms with van der Waals surface area (Å²) >= 11 is 0. The van der Waals surface area contributed by atoms with E-state index in [1.54, 1.807) is 0 Å². The van der Waals surface area contributed by atoms with Gasteiger partial charge < -0.3 is 15.2 Å². The third kappa shape index (κ3) is 3.30. The highest BCUT2D eigenvalue weighted by Crippen LogP contribution is 2.08. The van der Waals surface area contributed by atoms with Crippen LogP contribution in [0.2, 0.25) is 0 Å². The topological polar surface area (TPSA) is 41.5 Å². The molecule has 0 saturated carbocycles. The highest BCUT2D eigenvalue weighted by Gasteiger charge is 2.19. The molecule has 1 aromatic carbocycles. The standard InChI is InChI=1S/C13H19NO2/c15-9-13(14-12-6-7-16-10-12)8-11-4-2-1-3-5-11/h1-5,12-15H,6-10H2/t12?,13-/m0/s1. The zero-order valence-electron chi connectivity index (χ0n) is 9.43. The van der Waals surface area contributed by atoms with Gasteiger partial charge in [-0.2, -0.15) is 0 Å². The van der Waals surface area contributed by atoms with Crippen molar-refractivity contribution < 1.29 is 9.84 Å². The first kappa shape index (κ1) is 11.6. The van der Waals surface area contributed by atoms with E-state index in [2.05, 4.69) is 17.4 Å². The minimum Gasteiger partial charge on any atom is -0.395 e. The highest BCUT2D eigenvalue weighted by molar-refractivity contribution is 5.16. The molecule has 0 amide bonds. The van der Waals surface area contributed by atoms with Crippen molar-refractivity contribution in [1.82, 2.24) is 5.32 Å². The zero-order chi connectivity index (χ0) is 11.2. The summed E-state index contributed by atoms with van der Waals surface area (Å²) in [6, 6.07) is 10.8. The van der Waals surface area contributed by atoms with Gasteiger partial charge in [-0.15, -0.1) is 0 Å². The van der Waals surface area contributed by atoms with E-state index in [4.69, 9.17) is 4.74 Å². The largest absolute Gasteiger partial charge is 0.395 e. The van der Waals surface area contributed by atoms with Crippen molar-refractivity contribution in [3.05, 3.63) is 35.9 Å². The number of hydrogen-bond donors (Lipinski definition) is 2. The van der Waals surface area contributed by atoms with Crippen LogP contribution in [0.3, 0.4) is 0 Å². The van der Waals surface area contributed by atoms with E-state index in [0.29, 0.717) is 6.04 Å². The summed E-state index contributed by atoms with van der Waals surface area (Å²) in [5, 5.41) is 12.8. The van der Waals surface area contributed by atoms with Crippen LogP contribution in [-0.2, 0) is 11.2 Å².